The van der Waals surface area contributed by atoms with Crippen LogP contribution in [0.5, 0.6) is 0 Å². The van der Waals surface area contributed by atoms with Crippen molar-refractivity contribution < 1.29 is 29.3 Å². The van der Waals surface area contributed by atoms with Gasteiger partial charge in [0.2, 0.25) is 5.91 Å². The van der Waals surface area contributed by atoms with Gasteiger partial charge in [-0.3, -0.25) is 9.59 Å². The summed E-state index contributed by atoms with van der Waals surface area (Å²) in [6, 6.07) is 5.69. The summed E-state index contributed by atoms with van der Waals surface area (Å²) in [5, 5.41) is 21.7. The Hall–Kier alpha value is -1.37. The molecule has 1 amide bonds. The Bertz CT molecular complexity index is 552. The minimum atomic E-state index is -1.40. The number of esters is 1. The lowest BCUT2D eigenvalue weighted by atomic mass is 10.2. The molecule has 1 heterocycles. The van der Waals surface area contributed by atoms with Gasteiger partial charge in [-0.2, -0.15) is 0 Å². The number of aliphatic hydroxyl groups excluding tert-OH is 2. The molecule has 11 heteroatoms. The fourth-order valence-electron chi connectivity index (χ4n) is 1.73. The highest BCUT2D eigenvalue weighted by Crippen LogP contribution is 2.28. The van der Waals surface area contributed by atoms with Crippen LogP contribution in [-0.4, -0.2) is 65.1 Å². The molecule has 0 bridgehead atoms. The average Bonchev–Trinajstić information content (AvgIpc) is 2.66. The summed E-state index contributed by atoms with van der Waals surface area (Å²) >= 11 is 0. The van der Waals surface area contributed by atoms with Crippen LogP contribution in [0.25, 0.3) is 0 Å². The van der Waals surface area contributed by atoms with E-state index in [4.69, 9.17) is 20.3 Å². The smallest absolute Gasteiger partial charge is 0.305 e. The molecule has 2 atom stereocenters. The van der Waals surface area contributed by atoms with E-state index in [0.29, 0.717) is 13.0 Å². The molecule has 0 aliphatic carbocycles. The van der Waals surface area contributed by atoms with Crippen molar-refractivity contribution in [2.24, 2.45) is 5.73 Å². The zero-order valence-corrected chi connectivity index (χ0v) is 16.4. The molecule has 0 aliphatic heterocycles. The van der Waals surface area contributed by atoms with Crippen molar-refractivity contribution in [3.05, 3.63) is 24.4 Å². The summed E-state index contributed by atoms with van der Waals surface area (Å²) < 4.78 is 9.51. The summed E-state index contributed by atoms with van der Waals surface area (Å²) in [6.07, 6.45) is -0.108. The third-order valence-electron chi connectivity index (χ3n) is 2.97. The Balaban J connectivity index is 1.99. The predicted molar refractivity (Wildman–Crippen MR) is 103 cm³/mol. The highest BCUT2D eigenvalue weighted by Gasteiger charge is 2.13. The standard InChI is InChI=1S/C16H25N3O6S2/c17-12(10-20)25-16(23)11-24-15(22)6-3-4-13(21)18-8-9-26-27-14-5-1-2-7-19-14/h1-2,5,7,12,16,20,23H,3-4,6,8-11,17H2,(H,18,21). The van der Waals surface area contributed by atoms with Crippen LogP contribution < -0.4 is 11.1 Å². The van der Waals surface area contributed by atoms with Gasteiger partial charge < -0.3 is 30.7 Å². The molecule has 1 aromatic rings. The summed E-state index contributed by atoms with van der Waals surface area (Å²) in [7, 11) is 3.14. The van der Waals surface area contributed by atoms with Gasteiger partial charge in [0, 0.05) is 31.3 Å². The van der Waals surface area contributed by atoms with Crippen molar-refractivity contribution in [3.8, 4) is 0 Å². The number of nitrogens with zero attached hydrogens (tertiary/aromatic N) is 1. The monoisotopic (exact) mass is 419 g/mol. The topological polar surface area (TPSA) is 144 Å². The van der Waals surface area contributed by atoms with Gasteiger partial charge in [-0.1, -0.05) is 16.9 Å². The molecule has 0 spiro atoms. The van der Waals surface area contributed by atoms with Crippen LogP contribution in [0.3, 0.4) is 0 Å². The Morgan fingerprint density at radius 3 is 2.85 bits per heavy atom. The van der Waals surface area contributed by atoms with E-state index >= 15 is 0 Å². The van der Waals surface area contributed by atoms with Crippen molar-refractivity contribution >= 4 is 33.5 Å². The molecule has 9 nitrogen and oxygen atoms in total. The van der Waals surface area contributed by atoms with Gasteiger partial charge in [0.25, 0.3) is 0 Å². The van der Waals surface area contributed by atoms with Crippen LogP contribution in [0.2, 0.25) is 0 Å². The van der Waals surface area contributed by atoms with Gasteiger partial charge in [0.15, 0.2) is 6.29 Å². The second-order valence-electron chi connectivity index (χ2n) is 5.27. The van der Waals surface area contributed by atoms with Crippen molar-refractivity contribution in [1.29, 1.82) is 0 Å². The lowest BCUT2D eigenvalue weighted by Crippen LogP contribution is -2.35. The summed E-state index contributed by atoms with van der Waals surface area (Å²) in [6.45, 7) is -0.313. The maximum absolute atomic E-state index is 11.7. The molecule has 27 heavy (non-hydrogen) atoms. The number of nitrogens with one attached hydrogen (secondary N) is 1. The number of nitrogens with two attached hydrogens (primary N) is 1. The molecule has 0 saturated heterocycles. The first-order valence-electron chi connectivity index (χ1n) is 8.34. The number of amides is 1. The molecule has 5 N–H and O–H groups in total. The number of hydrogen-bond donors (Lipinski definition) is 4. The Labute approximate surface area is 165 Å². The zero-order valence-electron chi connectivity index (χ0n) is 14.8. The van der Waals surface area contributed by atoms with E-state index in [1.807, 2.05) is 18.2 Å². The largest absolute Gasteiger partial charge is 0.460 e. The Morgan fingerprint density at radius 1 is 1.33 bits per heavy atom. The van der Waals surface area contributed by atoms with E-state index in [1.165, 1.54) is 0 Å². The first-order chi connectivity index (χ1) is 13.0. The van der Waals surface area contributed by atoms with E-state index in [0.717, 1.165) is 10.8 Å². The molecule has 2 unspecified atom stereocenters. The lowest BCUT2D eigenvalue weighted by Gasteiger charge is -2.16. The lowest BCUT2D eigenvalue weighted by molar-refractivity contribution is -0.182. The number of aliphatic hydroxyl groups is 2. The van der Waals surface area contributed by atoms with Crippen LogP contribution in [0.4, 0.5) is 0 Å². The molecule has 0 aromatic carbocycles. The Morgan fingerprint density at radius 2 is 2.15 bits per heavy atom. The number of hydrogen-bond acceptors (Lipinski definition) is 10. The molecule has 0 radical (unpaired) electrons. The number of carbonyl (C=O) groups is 2. The highest BCUT2D eigenvalue weighted by atomic mass is 33.1. The molecule has 1 aromatic heterocycles. The number of pyridine rings is 1. The molecule has 152 valence electrons. The molecule has 1 rings (SSSR count). The highest BCUT2D eigenvalue weighted by molar-refractivity contribution is 8.76. The zero-order chi connectivity index (χ0) is 19.9. The van der Waals surface area contributed by atoms with E-state index in [9.17, 15) is 14.7 Å². The number of ether oxygens (including phenoxy) is 2. The van der Waals surface area contributed by atoms with Crippen molar-refractivity contribution in [2.45, 2.75) is 36.8 Å². The van der Waals surface area contributed by atoms with Crippen LogP contribution in [0.15, 0.2) is 29.4 Å². The quantitative estimate of drug-likeness (QED) is 0.143. The maximum Gasteiger partial charge on any atom is 0.305 e. The van der Waals surface area contributed by atoms with Gasteiger partial charge in [-0.05, 0) is 29.3 Å². The van der Waals surface area contributed by atoms with E-state index in [1.54, 1.807) is 27.8 Å². The van der Waals surface area contributed by atoms with Crippen molar-refractivity contribution in [2.75, 3.05) is 25.5 Å². The molecule has 0 aliphatic rings. The number of aromatic nitrogens is 1. The summed E-state index contributed by atoms with van der Waals surface area (Å²) in [4.78, 5) is 27.4. The van der Waals surface area contributed by atoms with Gasteiger partial charge in [-0.25, -0.2) is 4.98 Å². The van der Waals surface area contributed by atoms with Gasteiger partial charge in [0.1, 0.15) is 17.9 Å². The molecule has 0 fully saturated rings. The van der Waals surface area contributed by atoms with E-state index < -0.39 is 25.1 Å². The first-order valence-corrected chi connectivity index (χ1v) is 10.7. The summed E-state index contributed by atoms with van der Waals surface area (Å²) in [5.74, 6) is 0.0527. The van der Waals surface area contributed by atoms with Crippen LogP contribution in [0.1, 0.15) is 19.3 Å². The third-order valence-corrected chi connectivity index (χ3v) is 5.24. The molecule has 0 saturated carbocycles. The summed E-state index contributed by atoms with van der Waals surface area (Å²) in [5.41, 5.74) is 5.26. The van der Waals surface area contributed by atoms with Gasteiger partial charge in [0.05, 0.1) is 6.61 Å². The number of rotatable bonds is 14. The SMILES string of the molecule is NC(CO)OC(O)COC(=O)CCCC(=O)NCCSSc1ccccn1. The molecular weight excluding hydrogens is 394 g/mol. The van der Waals surface area contributed by atoms with Gasteiger partial charge >= 0.3 is 5.97 Å². The Kier molecular flexibility index (Phi) is 12.9. The van der Waals surface area contributed by atoms with Crippen LogP contribution in [0, 0.1) is 0 Å². The van der Waals surface area contributed by atoms with Crippen LogP contribution in [-0.2, 0) is 19.1 Å². The molecular formula is C16H25N3O6S2. The fraction of sp³-hybridized carbons (Fsp3) is 0.562. The minimum Gasteiger partial charge on any atom is -0.460 e. The second-order valence-corrected chi connectivity index (χ2v) is 7.71. The van der Waals surface area contributed by atoms with Crippen molar-refractivity contribution in [1.82, 2.24) is 10.3 Å². The number of carbonyl (C=O) groups excluding carboxylic acids is 2. The average molecular weight is 420 g/mol. The maximum atomic E-state index is 11.7. The normalized spacial score (nSPS) is 13.0. The van der Waals surface area contributed by atoms with Crippen molar-refractivity contribution in [3.63, 3.8) is 0 Å². The first kappa shape index (κ1) is 23.7. The van der Waals surface area contributed by atoms with Crippen LogP contribution >= 0.6 is 21.6 Å². The minimum absolute atomic E-state index is 0.0521. The van der Waals surface area contributed by atoms with E-state index in [-0.39, 0.29) is 25.4 Å². The van der Waals surface area contributed by atoms with Gasteiger partial charge in [-0.15, -0.1) is 0 Å². The van der Waals surface area contributed by atoms with E-state index in [2.05, 4.69) is 10.3 Å². The predicted octanol–water partition coefficient (Wildman–Crippen LogP) is 0.264. The second kappa shape index (κ2) is 14.7. The fourth-order valence-corrected chi connectivity index (χ4v) is 3.52. The third kappa shape index (κ3) is 12.6.